The Morgan fingerprint density at radius 2 is 1.79 bits per heavy atom. The largest absolute Gasteiger partial charge is 0.480 e. The molecule has 1 heterocycles. The van der Waals surface area contributed by atoms with Crippen LogP contribution in [0, 0.1) is 5.41 Å². The average molecular weight is 418 g/mol. The number of rotatable bonds is 6. The minimum absolute atomic E-state index is 0.132. The number of halogens is 1. The molecule has 1 fully saturated rings. The first-order chi connectivity index (χ1) is 13.3. The van der Waals surface area contributed by atoms with Crippen LogP contribution < -0.4 is 10.2 Å². The zero-order valence-corrected chi connectivity index (χ0v) is 16.1. The molecule has 1 unspecified atom stereocenters. The number of thioether (sulfide) groups is 1. The molecular formula is C19H16ClN3O4S. The van der Waals surface area contributed by atoms with Gasteiger partial charge < -0.3 is 10.4 Å². The van der Waals surface area contributed by atoms with Gasteiger partial charge in [0.2, 0.25) is 5.91 Å². The van der Waals surface area contributed by atoms with E-state index in [1.54, 1.807) is 48.5 Å². The van der Waals surface area contributed by atoms with Crippen molar-refractivity contribution in [3.8, 4) is 0 Å². The second kappa shape index (κ2) is 8.45. The molecule has 0 bridgehead atoms. The highest BCUT2D eigenvalue weighted by Crippen LogP contribution is 2.24. The number of aliphatic carboxylic acids is 1. The van der Waals surface area contributed by atoms with Gasteiger partial charge in [-0.3, -0.25) is 24.7 Å². The van der Waals surface area contributed by atoms with E-state index in [1.165, 1.54) is 4.90 Å². The summed E-state index contributed by atoms with van der Waals surface area (Å²) in [5.41, 5.74) is 1.61. The van der Waals surface area contributed by atoms with E-state index in [9.17, 15) is 19.5 Å². The molecule has 144 valence electrons. The molecule has 1 saturated heterocycles. The van der Waals surface area contributed by atoms with Gasteiger partial charge in [0, 0.05) is 16.3 Å². The van der Waals surface area contributed by atoms with Crippen LogP contribution in [0.4, 0.5) is 5.69 Å². The summed E-state index contributed by atoms with van der Waals surface area (Å²) < 4.78 is 0. The van der Waals surface area contributed by atoms with Crippen LogP contribution in [0.2, 0.25) is 5.02 Å². The first-order valence-corrected chi connectivity index (χ1v) is 9.53. The second-order valence-corrected chi connectivity index (χ2v) is 7.74. The van der Waals surface area contributed by atoms with Crippen molar-refractivity contribution < 1.29 is 19.5 Å². The fraction of sp³-hybridized carbons (Fsp3) is 0.158. The molecule has 7 nitrogen and oxygen atoms in total. The molecule has 1 atom stereocenters. The number of amides is 2. The summed E-state index contributed by atoms with van der Waals surface area (Å²) in [6.07, 6.45) is 0.434. The van der Waals surface area contributed by atoms with E-state index >= 15 is 0 Å². The van der Waals surface area contributed by atoms with Crippen LogP contribution in [-0.4, -0.2) is 39.9 Å². The maximum absolute atomic E-state index is 12.8. The predicted molar refractivity (Wildman–Crippen MR) is 108 cm³/mol. The third kappa shape index (κ3) is 4.71. The number of carbonyl (C=O) groups is 3. The van der Waals surface area contributed by atoms with Crippen molar-refractivity contribution >= 4 is 52.0 Å². The van der Waals surface area contributed by atoms with Crippen molar-refractivity contribution in [3.63, 3.8) is 0 Å². The number of nitrogens with one attached hydrogen (secondary N) is 2. The molecule has 1 aliphatic rings. The van der Waals surface area contributed by atoms with Crippen LogP contribution in [0.1, 0.15) is 15.9 Å². The first kappa shape index (κ1) is 19.9. The van der Waals surface area contributed by atoms with Crippen molar-refractivity contribution in [1.82, 2.24) is 5.32 Å². The molecule has 2 aromatic rings. The fourth-order valence-electron chi connectivity index (χ4n) is 2.74. The molecular weight excluding hydrogens is 402 g/mol. The Morgan fingerprint density at radius 1 is 1.14 bits per heavy atom. The Bertz CT molecular complexity index is 931. The summed E-state index contributed by atoms with van der Waals surface area (Å²) in [6.45, 7) is -0.487. The quantitative estimate of drug-likeness (QED) is 0.669. The van der Waals surface area contributed by atoms with Crippen LogP contribution in [0.15, 0.2) is 48.5 Å². The number of anilines is 1. The number of nitrogens with zero attached hydrogens (tertiary/aromatic N) is 1. The van der Waals surface area contributed by atoms with Gasteiger partial charge in [0.25, 0.3) is 5.91 Å². The first-order valence-electron chi connectivity index (χ1n) is 8.27. The van der Waals surface area contributed by atoms with Gasteiger partial charge in [0.15, 0.2) is 5.17 Å². The third-order valence-electron chi connectivity index (χ3n) is 4.09. The Morgan fingerprint density at radius 3 is 2.32 bits per heavy atom. The number of benzene rings is 2. The number of carboxylic acid groups (broad SMARTS) is 1. The van der Waals surface area contributed by atoms with E-state index < -0.39 is 18.4 Å². The number of carbonyl (C=O) groups excluding carboxylic acids is 2. The van der Waals surface area contributed by atoms with Crippen molar-refractivity contribution in [2.75, 3.05) is 11.4 Å². The lowest BCUT2D eigenvalue weighted by atomic mass is 10.1. The van der Waals surface area contributed by atoms with Crippen LogP contribution in [0.3, 0.4) is 0 Å². The normalized spacial score (nSPS) is 16.0. The maximum Gasteiger partial charge on any atom is 0.323 e. The molecule has 0 aromatic heterocycles. The monoisotopic (exact) mass is 417 g/mol. The highest BCUT2D eigenvalue weighted by Gasteiger charge is 2.29. The molecule has 3 N–H and O–H groups in total. The van der Waals surface area contributed by atoms with Gasteiger partial charge in [-0.1, -0.05) is 35.5 Å². The smallest absolute Gasteiger partial charge is 0.323 e. The summed E-state index contributed by atoms with van der Waals surface area (Å²) in [5.74, 6) is -1.79. The molecule has 1 aliphatic heterocycles. The van der Waals surface area contributed by atoms with Gasteiger partial charge in [-0.15, -0.1) is 0 Å². The highest BCUT2D eigenvalue weighted by molar-refractivity contribution is 8.15. The lowest BCUT2D eigenvalue weighted by Crippen LogP contribution is -2.35. The van der Waals surface area contributed by atoms with Crippen molar-refractivity contribution in [2.45, 2.75) is 11.7 Å². The molecule has 2 aromatic carbocycles. The van der Waals surface area contributed by atoms with Crippen LogP contribution >= 0.6 is 23.4 Å². The Labute approximate surface area is 170 Å². The van der Waals surface area contributed by atoms with E-state index in [4.69, 9.17) is 17.0 Å². The van der Waals surface area contributed by atoms with E-state index in [0.29, 0.717) is 22.7 Å². The highest BCUT2D eigenvalue weighted by atomic mass is 35.5. The van der Waals surface area contributed by atoms with Gasteiger partial charge in [-0.2, -0.15) is 0 Å². The van der Waals surface area contributed by atoms with Crippen molar-refractivity contribution in [1.29, 1.82) is 5.41 Å². The van der Waals surface area contributed by atoms with E-state index in [0.717, 1.165) is 17.3 Å². The molecule has 0 aliphatic carbocycles. The standard InChI is InChI=1S/C19H16ClN3O4S/c20-13-5-3-12(4-6-13)18(27)23(10-16(24)25)14-7-1-11(2-8-14)9-15-17(26)22-19(21)28-15/h1-8,15H,9-10H2,(H,24,25)(H2,21,22,26). The SMILES string of the molecule is N=C1NC(=O)C(Cc2ccc(N(CC(=O)O)C(=O)c3ccc(Cl)cc3)cc2)S1. The topological polar surface area (TPSA) is 111 Å². The van der Waals surface area contributed by atoms with Crippen molar-refractivity contribution in [3.05, 3.63) is 64.7 Å². The average Bonchev–Trinajstić information content (AvgIpc) is 2.97. The Balaban J connectivity index is 1.79. The molecule has 0 saturated carbocycles. The fourth-order valence-corrected chi connectivity index (χ4v) is 3.75. The van der Waals surface area contributed by atoms with Crippen LogP contribution in [0.5, 0.6) is 0 Å². The molecule has 2 amide bonds. The summed E-state index contributed by atoms with van der Waals surface area (Å²) in [7, 11) is 0. The summed E-state index contributed by atoms with van der Waals surface area (Å²) in [5, 5.41) is 19.4. The van der Waals surface area contributed by atoms with E-state index in [1.807, 2.05) is 0 Å². The second-order valence-electron chi connectivity index (χ2n) is 6.09. The third-order valence-corrected chi connectivity index (χ3v) is 5.34. The number of amidine groups is 1. The zero-order chi connectivity index (χ0) is 20.3. The lowest BCUT2D eigenvalue weighted by Gasteiger charge is -2.21. The molecule has 28 heavy (non-hydrogen) atoms. The van der Waals surface area contributed by atoms with Gasteiger partial charge in [0.1, 0.15) is 6.54 Å². The van der Waals surface area contributed by atoms with E-state index in [2.05, 4.69) is 5.32 Å². The lowest BCUT2D eigenvalue weighted by molar-refractivity contribution is -0.135. The van der Waals surface area contributed by atoms with Gasteiger partial charge in [0.05, 0.1) is 5.25 Å². The summed E-state index contributed by atoms with van der Waals surface area (Å²) in [4.78, 5) is 37.0. The predicted octanol–water partition coefficient (Wildman–Crippen LogP) is 2.78. The molecule has 9 heteroatoms. The molecule has 0 radical (unpaired) electrons. The maximum atomic E-state index is 12.8. The van der Waals surface area contributed by atoms with Gasteiger partial charge in [-0.25, -0.2) is 0 Å². The van der Waals surface area contributed by atoms with Crippen LogP contribution in [0.25, 0.3) is 0 Å². The van der Waals surface area contributed by atoms with Gasteiger partial charge >= 0.3 is 5.97 Å². The minimum atomic E-state index is -1.14. The number of hydrogen-bond donors (Lipinski definition) is 3. The molecule has 0 spiro atoms. The molecule has 3 rings (SSSR count). The number of hydrogen-bond acceptors (Lipinski definition) is 5. The van der Waals surface area contributed by atoms with Crippen LogP contribution in [-0.2, 0) is 16.0 Å². The Kier molecular flexibility index (Phi) is 6.01. The minimum Gasteiger partial charge on any atom is -0.480 e. The summed E-state index contributed by atoms with van der Waals surface area (Å²) >= 11 is 7.00. The zero-order valence-electron chi connectivity index (χ0n) is 14.5. The summed E-state index contributed by atoms with van der Waals surface area (Å²) in [6, 6.07) is 13.0. The van der Waals surface area contributed by atoms with Crippen molar-refractivity contribution in [2.24, 2.45) is 0 Å². The Hall–Kier alpha value is -2.84. The van der Waals surface area contributed by atoms with Gasteiger partial charge in [-0.05, 0) is 48.4 Å². The van der Waals surface area contributed by atoms with E-state index in [-0.39, 0.29) is 16.3 Å². The number of carboxylic acids is 1.